The summed E-state index contributed by atoms with van der Waals surface area (Å²) in [5.74, 6) is 0.401. The van der Waals surface area contributed by atoms with Gasteiger partial charge in [-0.1, -0.05) is 37.5 Å². The van der Waals surface area contributed by atoms with Crippen LogP contribution in [0.15, 0.2) is 23.8 Å². The number of rotatable bonds is 4. The highest BCUT2D eigenvalue weighted by atomic mass is 16.3. The van der Waals surface area contributed by atoms with Crippen molar-refractivity contribution >= 4 is 0 Å². The summed E-state index contributed by atoms with van der Waals surface area (Å²) in [6, 6.07) is 0. The predicted molar refractivity (Wildman–Crippen MR) is 64.7 cm³/mol. The fraction of sp³-hybridized carbons (Fsp3) is 0.643. The van der Waals surface area contributed by atoms with Gasteiger partial charge in [0, 0.05) is 12.8 Å². The standard InChI is InChI=1S/C14H21O2/c15-13(11-6-2-1-3-7-11)10-14(16)12-8-4-5-9-12/h4-5,8-9,11,13-16H,1-3,6-7,10H2. The molecule has 0 aromatic heterocycles. The molecule has 0 aromatic rings. The Morgan fingerprint density at radius 3 is 2.56 bits per heavy atom. The van der Waals surface area contributed by atoms with E-state index < -0.39 is 6.10 Å². The van der Waals surface area contributed by atoms with Crippen LogP contribution in [0.4, 0.5) is 0 Å². The normalized spacial score (nSPS) is 25.5. The third-order valence-electron chi connectivity index (χ3n) is 3.73. The first-order chi connectivity index (χ1) is 7.77. The van der Waals surface area contributed by atoms with Gasteiger partial charge < -0.3 is 10.2 Å². The Morgan fingerprint density at radius 1 is 1.19 bits per heavy atom. The lowest BCUT2D eigenvalue weighted by molar-refractivity contribution is 0.0424. The maximum atomic E-state index is 10.1. The summed E-state index contributed by atoms with van der Waals surface area (Å²) in [5.41, 5.74) is 0.926. The Kier molecular flexibility index (Phi) is 4.19. The molecule has 0 aromatic carbocycles. The van der Waals surface area contributed by atoms with Gasteiger partial charge in [-0.15, -0.1) is 0 Å². The van der Waals surface area contributed by atoms with E-state index in [-0.39, 0.29) is 6.10 Å². The Hall–Kier alpha value is -0.600. The van der Waals surface area contributed by atoms with Gasteiger partial charge in [0.2, 0.25) is 0 Å². The van der Waals surface area contributed by atoms with Gasteiger partial charge in [0.15, 0.2) is 0 Å². The zero-order valence-electron chi connectivity index (χ0n) is 9.68. The highest BCUT2D eigenvalue weighted by molar-refractivity contribution is 5.36. The maximum absolute atomic E-state index is 10.1. The first-order valence-corrected chi connectivity index (χ1v) is 6.35. The average Bonchev–Trinajstić information content (AvgIpc) is 2.83. The molecule has 0 heterocycles. The fourth-order valence-electron chi connectivity index (χ4n) is 2.69. The number of hydrogen-bond donors (Lipinski definition) is 2. The summed E-state index contributed by atoms with van der Waals surface area (Å²) in [6.07, 6.45) is 13.3. The van der Waals surface area contributed by atoms with Gasteiger partial charge in [0.05, 0.1) is 12.2 Å². The lowest BCUT2D eigenvalue weighted by Gasteiger charge is -2.28. The summed E-state index contributed by atoms with van der Waals surface area (Å²) >= 11 is 0. The van der Waals surface area contributed by atoms with E-state index in [9.17, 15) is 10.2 Å². The van der Waals surface area contributed by atoms with Crippen LogP contribution in [0.2, 0.25) is 0 Å². The van der Waals surface area contributed by atoms with Gasteiger partial charge in [-0.25, -0.2) is 0 Å². The van der Waals surface area contributed by atoms with E-state index in [1.165, 1.54) is 19.3 Å². The summed E-state index contributed by atoms with van der Waals surface area (Å²) < 4.78 is 0. The Labute approximate surface area is 97.7 Å². The van der Waals surface area contributed by atoms with Gasteiger partial charge in [-0.3, -0.25) is 0 Å². The lowest BCUT2D eigenvalue weighted by Crippen LogP contribution is -2.27. The fourth-order valence-corrected chi connectivity index (χ4v) is 2.69. The molecule has 2 aliphatic rings. The molecule has 0 saturated heterocycles. The summed E-state index contributed by atoms with van der Waals surface area (Å²) in [4.78, 5) is 0. The molecule has 2 rings (SSSR count). The second kappa shape index (κ2) is 5.65. The van der Waals surface area contributed by atoms with Crippen molar-refractivity contribution in [3.8, 4) is 0 Å². The minimum absolute atomic E-state index is 0.342. The predicted octanol–water partition coefficient (Wildman–Crippen LogP) is 2.38. The molecule has 0 bridgehead atoms. The molecule has 1 fully saturated rings. The van der Waals surface area contributed by atoms with E-state index in [4.69, 9.17) is 0 Å². The number of aliphatic hydroxyl groups excluding tert-OH is 2. The minimum Gasteiger partial charge on any atom is -0.393 e. The molecule has 2 unspecified atom stereocenters. The molecule has 2 N–H and O–H groups in total. The summed E-state index contributed by atoms with van der Waals surface area (Å²) in [6.45, 7) is 0. The minimum atomic E-state index is -0.507. The Bertz CT molecular complexity index is 274. The van der Waals surface area contributed by atoms with Crippen LogP contribution in [-0.2, 0) is 0 Å². The monoisotopic (exact) mass is 221 g/mol. The molecule has 16 heavy (non-hydrogen) atoms. The van der Waals surface area contributed by atoms with Crippen LogP contribution in [0.1, 0.15) is 38.5 Å². The van der Waals surface area contributed by atoms with Crippen molar-refractivity contribution in [2.24, 2.45) is 5.92 Å². The van der Waals surface area contributed by atoms with Crippen molar-refractivity contribution in [3.05, 3.63) is 30.2 Å². The second-order valence-corrected chi connectivity index (χ2v) is 4.94. The first-order valence-electron chi connectivity index (χ1n) is 6.35. The van der Waals surface area contributed by atoms with Crippen LogP contribution in [0.25, 0.3) is 0 Å². The molecule has 2 aliphatic carbocycles. The molecule has 0 aliphatic heterocycles. The van der Waals surface area contributed by atoms with Crippen LogP contribution in [0.5, 0.6) is 0 Å². The molecular formula is C14H21O2. The molecule has 2 atom stereocenters. The van der Waals surface area contributed by atoms with Crippen molar-refractivity contribution in [2.45, 2.75) is 50.7 Å². The van der Waals surface area contributed by atoms with E-state index in [1.807, 2.05) is 24.6 Å². The van der Waals surface area contributed by atoms with Gasteiger partial charge in [-0.05, 0) is 24.3 Å². The lowest BCUT2D eigenvalue weighted by atomic mass is 9.83. The van der Waals surface area contributed by atoms with Crippen LogP contribution in [0.3, 0.4) is 0 Å². The zero-order valence-corrected chi connectivity index (χ0v) is 9.68. The van der Waals surface area contributed by atoms with E-state index in [2.05, 4.69) is 0 Å². The highest BCUT2D eigenvalue weighted by Crippen LogP contribution is 2.29. The van der Waals surface area contributed by atoms with E-state index in [1.54, 1.807) is 0 Å². The third-order valence-corrected chi connectivity index (χ3v) is 3.73. The van der Waals surface area contributed by atoms with E-state index in [0.29, 0.717) is 12.3 Å². The van der Waals surface area contributed by atoms with E-state index >= 15 is 0 Å². The second-order valence-electron chi connectivity index (χ2n) is 4.94. The topological polar surface area (TPSA) is 40.5 Å². The molecule has 1 radical (unpaired) electrons. The number of allylic oxidation sites excluding steroid dienone is 2. The van der Waals surface area contributed by atoms with Crippen molar-refractivity contribution in [3.63, 3.8) is 0 Å². The van der Waals surface area contributed by atoms with Crippen molar-refractivity contribution < 1.29 is 10.2 Å². The first kappa shape index (κ1) is 11.9. The van der Waals surface area contributed by atoms with Gasteiger partial charge >= 0.3 is 0 Å². The molecule has 0 amide bonds. The average molecular weight is 221 g/mol. The number of aliphatic hydroxyl groups is 2. The highest BCUT2D eigenvalue weighted by Gasteiger charge is 2.24. The van der Waals surface area contributed by atoms with Crippen LogP contribution >= 0.6 is 0 Å². The molecular weight excluding hydrogens is 200 g/mol. The van der Waals surface area contributed by atoms with Crippen LogP contribution in [-0.4, -0.2) is 22.4 Å². The summed E-state index contributed by atoms with van der Waals surface area (Å²) in [7, 11) is 0. The molecule has 2 heteroatoms. The molecule has 2 nitrogen and oxygen atoms in total. The van der Waals surface area contributed by atoms with Crippen molar-refractivity contribution in [2.75, 3.05) is 0 Å². The van der Waals surface area contributed by atoms with Crippen LogP contribution in [0, 0.1) is 12.3 Å². The van der Waals surface area contributed by atoms with Gasteiger partial charge in [-0.2, -0.15) is 0 Å². The van der Waals surface area contributed by atoms with Crippen molar-refractivity contribution in [1.82, 2.24) is 0 Å². The Balaban J connectivity index is 1.81. The summed E-state index contributed by atoms with van der Waals surface area (Å²) in [5, 5.41) is 20.0. The number of hydrogen-bond acceptors (Lipinski definition) is 2. The van der Waals surface area contributed by atoms with Crippen molar-refractivity contribution in [1.29, 1.82) is 0 Å². The van der Waals surface area contributed by atoms with Gasteiger partial charge in [0.25, 0.3) is 0 Å². The van der Waals surface area contributed by atoms with Crippen LogP contribution < -0.4 is 0 Å². The quantitative estimate of drug-likeness (QED) is 0.765. The van der Waals surface area contributed by atoms with E-state index in [0.717, 1.165) is 18.4 Å². The molecule has 89 valence electrons. The smallest absolute Gasteiger partial charge is 0.0811 e. The SMILES string of the molecule is OC(CC(O)C1CCCCC1)C1=C[CH]C=C1. The molecule has 0 spiro atoms. The third kappa shape index (κ3) is 2.96. The maximum Gasteiger partial charge on any atom is 0.0811 e. The molecule has 1 saturated carbocycles. The zero-order chi connectivity index (χ0) is 11.4. The van der Waals surface area contributed by atoms with Gasteiger partial charge in [0.1, 0.15) is 0 Å². The largest absolute Gasteiger partial charge is 0.393 e. The Morgan fingerprint density at radius 2 is 1.94 bits per heavy atom.